The largest absolute Gasteiger partial charge is 0.459 e. The molecule has 4 rings (SSSR count). The Labute approximate surface area is 155 Å². The molecule has 0 unspecified atom stereocenters. The molecule has 27 heavy (non-hydrogen) atoms. The van der Waals surface area contributed by atoms with Gasteiger partial charge in [0.2, 0.25) is 18.5 Å². The van der Waals surface area contributed by atoms with Crippen LogP contribution in [0, 0.1) is 5.92 Å². The van der Waals surface area contributed by atoms with Gasteiger partial charge in [0.1, 0.15) is 6.04 Å². The summed E-state index contributed by atoms with van der Waals surface area (Å²) in [6.45, 7) is 4.24. The Morgan fingerprint density at radius 3 is 2.89 bits per heavy atom. The van der Waals surface area contributed by atoms with Crippen molar-refractivity contribution in [2.45, 2.75) is 26.3 Å². The zero-order valence-electron chi connectivity index (χ0n) is 15.0. The van der Waals surface area contributed by atoms with Crippen LogP contribution in [0.1, 0.15) is 42.8 Å². The summed E-state index contributed by atoms with van der Waals surface area (Å²) >= 11 is 0. The molecule has 0 saturated carbocycles. The van der Waals surface area contributed by atoms with Crippen molar-refractivity contribution >= 4 is 5.91 Å². The van der Waals surface area contributed by atoms with Gasteiger partial charge in [-0.15, -0.1) is 0 Å². The zero-order valence-corrected chi connectivity index (χ0v) is 15.0. The number of hydrogen-bond acceptors (Lipinski definition) is 7. The summed E-state index contributed by atoms with van der Waals surface area (Å²) in [5.41, 5.74) is 0.745. The number of ether oxygens (including phenoxy) is 2. The normalized spacial score (nSPS) is 14.7. The molecule has 0 fully saturated rings. The highest BCUT2D eigenvalue weighted by molar-refractivity contribution is 5.91. The summed E-state index contributed by atoms with van der Waals surface area (Å²) in [7, 11) is 0. The van der Waals surface area contributed by atoms with Crippen molar-refractivity contribution in [3.05, 3.63) is 48.2 Å². The van der Waals surface area contributed by atoms with Gasteiger partial charge in [-0.25, -0.2) is 0 Å². The summed E-state index contributed by atoms with van der Waals surface area (Å²) in [6.07, 6.45) is 2.28. The minimum Gasteiger partial charge on any atom is -0.459 e. The molecule has 0 radical (unpaired) electrons. The second kappa shape index (κ2) is 7.14. The van der Waals surface area contributed by atoms with E-state index in [0.29, 0.717) is 23.2 Å². The van der Waals surface area contributed by atoms with Gasteiger partial charge < -0.3 is 23.7 Å². The molecule has 1 aliphatic heterocycles. The lowest BCUT2D eigenvalue weighted by molar-refractivity contribution is 0.0882. The van der Waals surface area contributed by atoms with Crippen molar-refractivity contribution in [2.24, 2.45) is 5.92 Å². The molecule has 8 nitrogen and oxygen atoms in total. The third-order valence-corrected chi connectivity index (χ3v) is 4.58. The number of aromatic nitrogens is 2. The van der Waals surface area contributed by atoms with Gasteiger partial charge in [0, 0.05) is 5.56 Å². The number of carbonyl (C=O) groups excluding carboxylic acids is 1. The van der Waals surface area contributed by atoms with Gasteiger partial charge in [0.15, 0.2) is 17.3 Å². The first-order valence-electron chi connectivity index (χ1n) is 8.73. The number of hydrogen-bond donors (Lipinski definition) is 1. The minimum atomic E-state index is -0.428. The first-order valence-corrected chi connectivity index (χ1v) is 8.73. The van der Waals surface area contributed by atoms with Crippen molar-refractivity contribution < 1.29 is 23.2 Å². The molecule has 1 amide bonds. The van der Waals surface area contributed by atoms with Crippen LogP contribution < -0.4 is 14.8 Å². The van der Waals surface area contributed by atoms with E-state index in [4.69, 9.17) is 18.4 Å². The third kappa shape index (κ3) is 3.38. The van der Waals surface area contributed by atoms with Crippen LogP contribution in [0.2, 0.25) is 0 Å². The Kier molecular flexibility index (Phi) is 4.53. The van der Waals surface area contributed by atoms with Crippen molar-refractivity contribution in [2.75, 3.05) is 6.79 Å². The second-order valence-corrected chi connectivity index (χ2v) is 6.34. The highest BCUT2D eigenvalue weighted by Crippen LogP contribution is 2.35. The highest BCUT2D eigenvalue weighted by atomic mass is 16.7. The van der Waals surface area contributed by atoms with Crippen LogP contribution in [0.15, 0.2) is 45.5 Å². The van der Waals surface area contributed by atoms with E-state index in [2.05, 4.69) is 15.5 Å². The van der Waals surface area contributed by atoms with Gasteiger partial charge in [-0.3, -0.25) is 4.79 Å². The predicted molar refractivity (Wildman–Crippen MR) is 94.2 cm³/mol. The van der Waals surface area contributed by atoms with Gasteiger partial charge >= 0.3 is 0 Å². The number of nitrogens with zero attached hydrogens (tertiary/aromatic N) is 2. The molecule has 0 aliphatic carbocycles. The molecule has 3 heterocycles. The molecule has 2 atom stereocenters. The lowest BCUT2D eigenvalue weighted by Crippen LogP contribution is -2.32. The number of amides is 1. The molecular formula is C19H19N3O5. The molecule has 3 aromatic rings. The Balaban J connectivity index is 1.59. The molecule has 0 spiro atoms. The fourth-order valence-electron chi connectivity index (χ4n) is 2.82. The zero-order chi connectivity index (χ0) is 18.8. The molecule has 0 bridgehead atoms. The Hall–Kier alpha value is -3.29. The fourth-order valence-corrected chi connectivity index (χ4v) is 2.82. The Morgan fingerprint density at radius 1 is 1.26 bits per heavy atom. The molecule has 140 valence electrons. The highest BCUT2D eigenvalue weighted by Gasteiger charge is 2.28. The monoisotopic (exact) mass is 369 g/mol. The standard InChI is InChI=1S/C19H19N3O5/c1-3-11(2)16(20-18(23)14-5-4-8-24-14)19-21-17(22-27-19)12-6-7-13-15(9-12)26-10-25-13/h4-9,11,16H,3,10H2,1-2H3,(H,20,23)/t11-,16+/m0/s1. The van der Waals surface area contributed by atoms with Crippen LogP contribution >= 0.6 is 0 Å². The van der Waals surface area contributed by atoms with Crippen molar-refractivity contribution in [3.63, 3.8) is 0 Å². The van der Waals surface area contributed by atoms with Crippen molar-refractivity contribution in [1.29, 1.82) is 0 Å². The molecular weight excluding hydrogens is 350 g/mol. The lowest BCUT2D eigenvalue weighted by Gasteiger charge is -2.20. The lowest BCUT2D eigenvalue weighted by atomic mass is 9.99. The van der Waals surface area contributed by atoms with Crippen molar-refractivity contribution in [1.82, 2.24) is 15.5 Å². The summed E-state index contributed by atoms with van der Waals surface area (Å²) < 4.78 is 21.3. The van der Waals surface area contributed by atoms with Gasteiger partial charge in [-0.2, -0.15) is 4.98 Å². The number of nitrogens with one attached hydrogen (secondary N) is 1. The topological polar surface area (TPSA) is 99.6 Å². The van der Waals surface area contributed by atoms with Gasteiger partial charge in [0.05, 0.1) is 6.26 Å². The number of furan rings is 1. The first kappa shape index (κ1) is 17.1. The molecule has 1 aromatic carbocycles. The fraction of sp³-hybridized carbons (Fsp3) is 0.316. The molecule has 1 aliphatic rings. The van der Waals surface area contributed by atoms with Crippen LogP contribution in [0.3, 0.4) is 0 Å². The molecule has 1 N–H and O–H groups in total. The van der Waals surface area contributed by atoms with Gasteiger partial charge in [0.25, 0.3) is 5.91 Å². The van der Waals surface area contributed by atoms with E-state index in [0.717, 1.165) is 12.0 Å². The van der Waals surface area contributed by atoms with Crippen LogP contribution in [0.25, 0.3) is 11.4 Å². The Bertz CT molecular complexity index is 935. The van der Waals surface area contributed by atoms with E-state index < -0.39 is 6.04 Å². The smallest absolute Gasteiger partial charge is 0.287 e. The number of carbonyl (C=O) groups is 1. The molecule has 0 saturated heterocycles. The minimum absolute atomic E-state index is 0.0916. The number of fused-ring (bicyclic) bond motifs is 1. The summed E-state index contributed by atoms with van der Waals surface area (Å²) in [6, 6.07) is 8.28. The van der Waals surface area contributed by atoms with Crippen LogP contribution in [-0.4, -0.2) is 22.8 Å². The van der Waals surface area contributed by atoms with E-state index in [1.54, 1.807) is 24.3 Å². The number of rotatable bonds is 6. The average molecular weight is 369 g/mol. The predicted octanol–water partition coefficient (Wildman–Crippen LogP) is 3.58. The maximum atomic E-state index is 12.4. The second-order valence-electron chi connectivity index (χ2n) is 6.34. The third-order valence-electron chi connectivity index (χ3n) is 4.58. The average Bonchev–Trinajstić information content (AvgIpc) is 3.45. The molecule has 8 heteroatoms. The SMILES string of the molecule is CC[C@H](C)[C@@H](NC(=O)c1ccco1)c1nc(-c2ccc3c(c2)OCO3)no1. The van der Waals surface area contributed by atoms with E-state index in [9.17, 15) is 4.79 Å². The van der Waals surface area contributed by atoms with E-state index in [-0.39, 0.29) is 24.4 Å². The number of benzene rings is 1. The van der Waals surface area contributed by atoms with Crippen LogP contribution in [0.5, 0.6) is 11.5 Å². The summed E-state index contributed by atoms with van der Waals surface area (Å²) in [5, 5.41) is 6.98. The maximum absolute atomic E-state index is 12.4. The van der Waals surface area contributed by atoms with Gasteiger partial charge in [-0.05, 0) is 36.2 Å². The molecule has 2 aromatic heterocycles. The van der Waals surface area contributed by atoms with Gasteiger partial charge in [-0.1, -0.05) is 25.4 Å². The summed E-state index contributed by atoms with van der Waals surface area (Å²) in [4.78, 5) is 16.9. The van der Waals surface area contributed by atoms with E-state index in [1.165, 1.54) is 6.26 Å². The van der Waals surface area contributed by atoms with Crippen LogP contribution in [-0.2, 0) is 0 Å². The Morgan fingerprint density at radius 2 is 2.11 bits per heavy atom. The van der Waals surface area contributed by atoms with E-state index in [1.807, 2.05) is 19.9 Å². The quantitative estimate of drug-likeness (QED) is 0.709. The summed E-state index contributed by atoms with van der Waals surface area (Å²) in [5.74, 6) is 2.09. The maximum Gasteiger partial charge on any atom is 0.287 e. The van der Waals surface area contributed by atoms with E-state index >= 15 is 0 Å². The first-order chi connectivity index (χ1) is 13.2. The van der Waals surface area contributed by atoms with Crippen LogP contribution in [0.4, 0.5) is 0 Å². The van der Waals surface area contributed by atoms with Crippen molar-refractivity contribution in [3.8, 4) is 22.9 Å².